The summed E-state index contributed by atoms with van der Waals surface area (Å²) < 4.78 is 0.887. The second kappa shape index (κ2) is 6.41. The van der Waals surface area contributed by atoms with Crippen molar-refractivity contribution in [1.29, 1.82) is 0 Å². The van der Waals surface area contributed by atoms with E-state index >= 15 is 0 Å². The smallest absolute Gasteiger partial charge is 0.278 e. The number of pyridine rings is 1. The van der Waals surface area contributed by atoms with Crippen molar-refractivity contribution in [3.63, 3.8) is 0 Å². The first-order valence-corrected chi connectivity index (χ1v) is 7.35. The van der Waals surface area contributed by atoms with Gasteiger partial charge < -0.3 is 5.32 Å². The molecule has 110 valence electrons. The first kappa shape index (κ1) is 15.7. The van der Waals surface area contributed by atoms with E-state index in [1.807, 2.05) is 12.1 Å². The third-order valence-corrected chi connectivity index (χ3v) is 3.94. The van der Waals surface area contributed by atoms with E-state index in [0.717, 1.165) is 10.2 Å². The Morgan fingerprint density at radius 3 is 2.76 bits per heavy atom. The molecule has 0 saturated carbocycles. The highest BCUT2D eigenvalue weighted by Gasteiger charge is 2.18. The molecule has 1 heterocycles. The van der Waals surface area contributed by atoms with Crippen molar-refractivity contribution in [2.45, 2.75) is 20.4 Å². The third kappa shape index (κ3) is 3.51. The molecule has 5 nitrogen and oxygen atoms in total. The van der Waals surface area contributed by atoms with Crippen molar-refractivity contribution in [1.82, 2.24) is 4.98 Å². The van der Waals surface area contributed by atoms with Crippen molar-refractivity contribution >= 4 is 38.9 Å². The number of hydrogen-bond donors (Lipinski definition) is 1. The van der Waals surface area contributed by atoms with E-state index in [1.165, 1.54) is 6.20 Å². The zero-order chi connectivity index (χ0) is 15.6. The van der Waals surface area contributed by atoms with Gasteiger partial charge >= 0.3 is 0 Å². The van der Waals surface area contributed by atoms with Crippen LogP contribution >= 0.6 is 27.5 Å². The van der Waals surface area contributed by atoms with Crippen molar-refractivity contribution in [2.75, 3.05) is 5.32 Å². The van der Waals surface area contributed by atoms with Crippen LogP contribution in [0.25, 0.3) is 0 Å². The number of anilines is 1. The summed E-state index contributed by atoms with van der Waals surface area (Å²) in [5.74, 6) is 0. The fraction of sp³-hybridized carbons (Fsp3) is 0.214. The topological polar surface area (TPSA) is 68.1 Å². The number of aryl methyl sites for hydroxylation is 1. The number of benzene rings is 1. The molecule has 0 atom stereocenters. The Labute approximate surface area is 135 Å². The normalized spacial score (nSPS) is 10.5. The van der Waals surface area contributed by atoms with E-state index in [-0.39, 0.29) is 10.6 Å². The highest BCUT2D eigenvalue weighted by molar-refractivity contribution is 9.10. The number of nitrogens with one attached hydrogen (secondary N) is 1. The Balaban J connectivity index is 2.24. The van der Waals surface area contributed by atoms with Gasteiger partial charge in [0.2, 0.25) is 0 Å². The monoisotopic (exact) mass is 369 g/mol. The lowest BCUT2D eigenvalue weighted by atomic mass is 10.1. The maximum Gasteiger partial charge on any atom is 0.278 e. The molecular formula is C14H13BrClN3O2. The van der Waals surface area contributed by atoms with Crippen LogP contribution in [0, 0.1) is 24.0 Å². The molecular weight excluding hydrogens is 358 g/mol. The van der Waals surface area contributed by atoms with Crippen LogP contribution in [0.1, 0.15) is 16.8 Å². The summed E-state index contributed by atoms with van der Waals surface area (Å²) in [5, 5.41) is 14.8. The van der Waals surface area contributed by atoms with Gasteiger partial charge in [-0.25, -0.2) is 0 Å². The van der Waals surface area contributed by atoms with Crippen LogP contribution in [0.3, 0.4) is 0 Å². The molecule has 0 aliphatic heterocycles. The largest absolute Gasteiger partial charge is 0.378 e. The lowest BCUT2D eigenvalue weighted by Crippen LogP contribution is -2.07. The Morgan fingerprint density at radius 2 is 2.14 bits per heavy atom. The maximum atomic E-state index is 11.1. The minimum atomic E-state index is -0.373. The Morgan fingerprint density at radius 1 is 1.43 bits per heavy atom. The predicted octanol–water partition coefficient (Wildman–Crippen LogP) is 4.63. The van der Waals surface area contributed by atoms with Gasteiger partial charge in [-0.2, -0.15) is 0 Å². The number of rotatable bonds is 4. The second-order valence-corrected chi connectivity index (χ2v) is 5.92. The second-order valence-electron chi connectivity index (χ2n) is 4.60. The predicted molar refractivity (Wildman–Crippen MR) is 86.8 cm³/mol. The lowest BCUT2D eigenvalue weighted by molar-refractivity contribution is -0.386. The molecule has 1 aromatic carbocycles. The summed E-state index contributed by atoms with van der Waals surface area (Å²) in [6, 6.07) is 5.48. The van der Waals surface area contributed by atoms with Gasteiger partial charge in [0.1, 0.15) is 0 Å². The number of nitro groups is 1. The van der Waals surface area contributed by atoms with Gasteiger partial charge in [0.25, 0.3) is 5.69 Å². The summed E-state index contributed by atoms with van der Waals surface area (Å²) in [4.78, 5) is 15.0. The van der Waals surface area contributed by atoms with E-state index in [4.69, 9.17) is 11.6 Å². The average Bonchev–Trinajstić information content (AvgIpc) is 2.39. The molecule has 0 fully saturated rings. The quantitative estimate of drug-likeness (QED) is 0.629. The lowest BCUT2D eigenvalue weighted by Gasteiger charge is -2.11. The molecule has 2 rings (SSSR count). The average molecular weight is 371 g/mol. The fourth-order valence-electron chi connectivity index (χ4n) is 2.04. The van der Waals surface area contributed by atoms with Crippen LogP contribution in [-0.4, -0.2) is 9.91 Å². The molecule has 1 aromatic heterocycles. The zero-order valence-corrected chi connectivity index (χ0v) is 13.8. The highest BCUT2D eigenvalue weighted by atomic mass is 79.9. The summed E-state index contributed by atoms with van der Waals surface area (Å²) >= 11 is 9.46. The third-order valence-electron chi connectivity index (χ3n) is 3.14. The van der Waals surface area contributed by atoms with E-state index in [1.54, 1.807) is 19.9 Å². The van der Waals surface area contributed by atoms with Crippen molar-refractivity contribution < 1.29 is 4.92 Å². The minimum absolute atomic E-state index is 0.115. The highest BCUT2D eigenvalue weighted by Crippen LogP contribution is 2.28. The molecule has 0 spiro atoms. The van der Waals surface area contributed by atoms with Crippen LogP contribution in [0.2, 0.25) is 5.02 Å². The first-order chi connectivity index (χ1) is 9.90. The van der Waals surface area contributed by atoms with E-state index < -0.39 is 0 Å². The Hall–Kier alpha value is -1.66. The van der Waals surface area contributed by atoms with Crippen molar-refractivity contribution in [3.8, 4) is 0 Å². The molecule has 0 radical (unpaired) electrons. The number of hydrogen-bond acceptors (Lipinski definition) is 4. The number of halogens is 2. The molecule has 0 aliphatic rings. The Kier molecular flexibility index (Phi) is 4.80. The van der Waals surface area contributed by atoms with E-state index in [9.17, 15) is 10.1 Å². The standard InChI is InChI=1S/C14H13BrClN3O2/c1-8-6-17-13(9(2)14(8)19(20)21)7-18-12-4-3-10(15)5-11(12)16/h3-6,18H,7H2,1-2H3. The van der Waals surface area contributed by atoms with Crippen LogP contribution in [0.15, 0.2) is 28.9 Å². The van der Waals surface area contributed by atoms with Gasteiger partial charge in [0, 0.05) is 16.2 Å². The van der Waals surface area contributed by atoms with E-state index in [0.29, 0.717) is 28.4 Å². The van der Waals surface area contributed by atoms with Crippen molar-refractivity contribution in [2.24, 2.45) is 0 Å². The summed E-state index contributed by atoms with van der Waals surface area (Å²) in [5.41, 5.74) is 2.63. The van der Waals surface area contributed by atoms with Gasteiger partial charge in [0.15, 0.2) is 0 Å². The molecule has 7 heteroatoms. The molecule has 0 bridgehead atoms. The van der Waals surface area contributed by atoms with Gasteiger partial charge in [-0.15, -0.1) is 0 Å². The van der Waals surface area contributed by atoms with Crippen LogP contribution < -0.4 is 5.32 Å². The molecule has 0 saturated heterocycles. The first-order valence-electron chi connectivity index (χ1n) is 6.18. The van der Waals surface area contributed by atoms with Gasteiger partial charge in [-0.1, -0.05) is 27.5 Å². The summed E-state index contributed by atoms with van der Waals surface area (Å²) in [6.45, 7) is 3.76. The van der Waals surface area contributed by atoms with Gasteiger partial charge in [-0.3, -0.25) is 15.1 Å². The zero-order valence-electron chi connectivity index (χ0n) is 11.5. The van der Waals surface area contributed by atoms with Crippen LogP contribution in [0.4, 0.5) is 11.4 Å². The Bertz CT molecular complexity index is 707. The van der Waals surface area contributed by atoms with Gasteiger partial charge in [-0.05, 0) is 32.0 Å². The van der Waals surface area contributed by atoms with Gasteiger partial charge in [0.05, 0.1) is 33.4 Å². The van der Waals surface area contributed by atoms with Crippen molar-refractivity contribution in [3.05, 3.63) is 60.8 Å². The minimum Gasteiger partial charge on any atom is -0.378 e. The van der Waals surface area contributed by atoms with Crippen LogP contribution in [-0.2, 0) is 6.54 Å². The molecule has 21 heavy (non-hydrogen) atoms. The van der Waals surface area contributed by atoms with Crippen LogP contribution in [0.5, 0.6) is 0 Å². The molecule has 0 aliphatic carbocycles. The number of nitrogens with zero attached hydrogens (tertiary/aromatic N) is 2. The summed E-state index contributed by atoms with van der Waals surface area (Å²) in [6.07, 6.45) is 1.52. The molecule has 0 unspecified atom stereocenters. The molecule has 2 aromatic rings. The maximum absolute atomic E-state index is 11.1. The number of aromatic nitrogens is 1. The fourth-order valence-corrected chi connectivity index (χ4v) is 2.78. The summed E-state index contributed by atoms with van der Waals surface area (Å²) in [7, 11) is 0. The molecule has 0 amide bonds. The molecule has 1 N–H and O–H groups in total. The SMILES string of the molecule is Cc1cnc(CNc2ccc(Br)cc2Cl)c(C)c1[N+](=O)[O-]. The van der Waals surface area contributed by atoms with E-state index in [2.05, 4.69) is 26.2 Å².